The molecule has 2 aromatic heterocycles. The fraction of sp³-hybridized carbons (Fsp3) is 0.323. The highest BCUT2D eigenvalue weighted by molar-refractivity contribution is 5.88. The number of para-hydroxylation sites is 1. The topological polar surface area (TPSA) is 116 Å². The first kappa shape index (κ1) is 29.7. The van der Waals surface area contributed by atoms with Gasteiger partial charge in [0, 0.05) is 31.0 Å². The number of anilines is 1. The van der Waals surface area contributed by atoms with Gasteiger partial charge in [0.15, 0.2) is 5.82 Å². The monoisotopic (exact) mass is 594 g/mol. The Morgan fingerprint density at radius 3 is 2.49 bits per heavy atom. The molecule has 0 aliphatic carbocycles. The molecule has 2 aromatic carbocycles. The molecule has 1 unspecified atom stereocenters. The van der Waals surface area contributed by atoms with Crippen molar-refractivity contribution in [2.45, 2.75) is 57.0 Å². The van der Waals surface area contributed by atoms with Crippen LogP contribution in [0, 0.1) is 0 Å². The second kappa shape index (κ2) is 13.5. The highest BCUT2D eigenvalue weighted by atomic mass is 19.4. The average Bonchev–Trinajstić information content (AvgIpc) is 3.44. The molecule has 0 amide bonds. The van der Waals surface area contributed by atoms with Gasteiger partial charge in [-0.05, 0) is 67.1 Å². The van der Waals surface area contributed by atoms with E-state index in [1.807, 2.05) is 24.3 Å². The Bertz CT molecular complexity index is 1540. The van der Waals surface area contributed by atoms with Gasteiger partial charge in [0.05, 0.1) is 6.42 Å². The van der Waals surface area contributed by atoms with E-state index in [1.54, 1.807) is 36.4 Å². The highest BCUT2D eigenvalue weighted by Gasteiger charge is 2.42. The van der Waals surface area contributed by atoms with Crippen LogP contribution < -0.4 is 10.1 Å². The molecule has 3 heterocycles. The standard InChI is InChI=1S/C31H29F3N4O5/c32-31(33,34)30(40)42-28(39)19-22(20-12-15-25(16-13-20)41-24-8-2-1-3-9-24)18-27-37-26(38-43-27)10-4-7-23-14-11-21-6-5-17-35-29(21)36-23/h1-3,8-9,11-16,22H,4-7,10,17-19H2,(H,35,36). The minimum atomic E-state index is -5.28. The number of ether oxygens (including phenoxy) is 2. The van der Waals surface area contributed by atoms with Crippen LogP contribution in [0.5, 0.6) is 11.5 Å². The van der Waals surface area contributed by atoms with E-state index in [4.69, 9.17) is 14.2 Å². The molecule has 12 heteroatoms. The van der Waals surface area contributed by atoms with Gasteiger partial charge in [-0.2, -0.15) is 18.2 Å². The second-order valence-corrected chi connectivity index (χ2v) is 10.1. The molecule has 1 aliphatic rings. The summed E-state index contributed by atoms with van der Waals surface area (Å²) in [5.41, 5.74) is 2.77. The lowest BCUT2D eigenvalue weighted by Crippen LogP contribution is -2.28. The van der Waals surface area contributed by atoms with Crippen molar-refractivity contribution in [2.24, 2.45) is 0 Å². The largest absolute Gasteiger partial charge is 0.491 e. The van der Waals surface area contributed by atoms with E-state index >= 15 is 0 Å². The molecule has 0 bridgehead atoms. The minimum Gasteiger partial charge on any atom is -0.457 e. The molecule has 1 aliphatic heterocycles. The van der Waals surface area contributed by atoms with Gasteiger partial charge in [-0.3, -0.25) is 4.79 Å². The van der Waals surface area contributed by atoms with Crippen LogP contribution >= 0.6 is 0 Å². The summed E-state index contributed by atoms with van der Waals surface area (Å²) in [7, 11) is 0. The van der Waals surface area contributed by atoms with Gasteiger partial charge < -0.3 is 19.3 Å². The smallest absolute Gasteiger partial charge is 0.457 e. The number of halogens is 3. The molecular weight excluding hydrogens is 565 g/mol. The summed E-state index contributed by atoms with van der Waals surface area (Å²) in [6, 6.07) is 19.9. The zero-order valence-electron chi connectivity index (χ0n) is 23.1. The molecule has 1 atom stereocenters. The van der Waals surface area contributed by atoms with Gasteiger partial charge in [-0.1, -0.05) is 41.6 Å². The number of nitrogens with zero attached hydrogens (tertiary/aromatic N) is 3. The van der Waals surface area contributed by atoms with Crippen molar-refractivity contribution in [3.8, 4) is 11.5 Å². The maximum absolute atomic E-state index is 12.6. The fourth-order valence-corrected chi connectivity index (χ4v) is 4.77. The Labute approximate surface area is 245 Å². The summed E-state index contributed by atoms with van der Waals surface area (Å²) in [6.45, 7) is 0.915. The fourth-order valence-electron chi connectivity index (χ4n) is 4.77. The van der Waals surface area contributed by atoms with Crippen molar-refractivity contribution >= 4 is 17.8 Å². The average molecular weight is 595 g/mol. The van der Waals surface area contributed by atoms with Gasteiger partial charge >= 0.3 is 18.1 Å². The lowest BCUT2D eigenvalue weighted by Gasteiger charge is -2.17. The highest BCUT2D eigenvalue weighted by Crippen LogP contribution is 2.29. The molecule has 0 radical (unpaired) electrons. The molecule has 0 saturated carbocycles. The Morgan fingerprint density at radius 1 is 0.953 bits per heavy atom. The zero-order chi connectivity index (χ0) is 30.2. The summed E-state index contributed by atoms with van der Waals surface area (Å²) >= 11 is 0. The number of aromatic nitrogens is 3. The summed E-state index contributed by atoms with van der Waals surface area (Å²) < 4.78 is 53.2. The lowest BCUT2D eigenvalue weighted by atomic mass is 9.92. The van der Waals surface area contributed by atoms with Crippen LogP contribution in [0.4, 0.5) is 19.0 Å². The number of hydrogen-bond donors (Lipinski definition) is 1. The number of esters is 2. The number of fused-ring (bicyclic) bond motifs is 1. The number of alkyl halides is 3. The van der Waals surface area contributed by atoms with Gasteiger partial charge in [0.2, 0.25) is 5.89 Å². The van der Waals surface area contributed by atoms with E-state index in [2.05, 4.69) is 26.3 Å². The summed E-state index contributed by atoms with van der Waals surface area (Å²) in [5, 5.41) is 7.35. The van der Waals surface area contributed by atoms with Crippen LogP contribution in [0.1, 0.15) is 53.7 Å². The number of rotatable bonds is 11. The molecule has 1 N–H and O–H groups in total. The van der Waals surface area contributed by atoms with Gasteiger partial charge in [0.1, 0.15) is 17.3 Å². The van der Waals surface area contributed by atoms with E-state index in [1.165, 1.54) is 5.56 Å². The van der Waals surface area contributed by atoms with Gasteiger partial charge in [0.25, 0.3) is 0 Å². The molecule has 5 rings (SSSR count). The van der Waals surface area contributed by atoms with E-state index in [9.17, 15) is 22.8 Å². The van der Waals surface area contributed by atoms with Crippen LogP contribution in [0.15, 0.2) is 71.3 Å². The van der Waals surface area contributed by atoms with Gasteiger partial charge in [-0.15, -0.1) is 0 Å². The minimum absolute atomic E-state index is 0.0409. The summed E-state index contributed by atoms with van der Waals surface area (Å²) in [4.78, 5) is 32.6. The first-order valence-corrected chi connectivity index (χ1v) is 13.9. The molecule has 0 fully saturated rings. The Morgan fingerprint density at radius 2 is 1.72 bits per heavy atom. The molecule has 4 aromatic rings. The van der Waals surface area contributed by atoms with E-state index in [0.717, 1.165) is 43.7 Å². The Hall–Kier alpha value is -4.74. The maximum Gasteiger partial charge on any atom is 0.491 e. The molecular formula is C31H29F3N4O5. The molecule has 9 nitrogen and oxygen atoms in total. The molecule has 224 valence electrons. The number of aryl methyl sites for hydroxylation is 3. The number of nitrogens with one attached hydrogen (secondary N) is 1. The number of hydrogen-bond acceptors (Lipinski definition) is 9. The van der Waals surface area contributed by atoms with Crippen molar-refractivity contribution in [3.05, 3.63) is 95.3 Å². The van der Waals surface area contributed by atoms with Gasteiger partial charge in [-0.25, -0.2) is 9.78 Å². The zero-order valence-corrected chi connectivity index (χ0v) is 23.1. The van der Waals surface area contributed by atoms with Crippen molar-refractivity contribution in [1.29, 1.82) is 0 Å². The Kier molecular flexibility index (Phi) is 9.33. The predicted molar refractivity (Wildman–Crippen MR) is 149 cm³/mol. The first-order valence-electron chi connectivity index (χ1n) is 13.9. The van der Waals surface area contributed by atoms with Crippen molar-refractivity contribution in [1.82, 2.24) is 15.1 Å². The molecule has 43 heavy (non-hydrogen) atoms. The third-order valence-electron chi connectivity index (χ3n) is 6.90. The summed E-state index contributed by atoms with van der Waals surface area (Å²) in [5.74, 6) is -1.84. The lowest BCUT2D eigenvalue weighted by molar-refractivity contribution is -0.202. The second-order valence-electron chi connectivity index (χ2n) is 10.1. The number of pyridine rings is 1. The quantitative estimate of drug-likeness (QED) is 0.161. The third kappa shape index (κ3) is 8.40. The summed E-state index contributed by atoms with van der Waals surface area (Å²) in [6.07, 6.45) is -1.68. The van der Waals surface area contributed by atoms with Crippen molar-refractivity contribution in [3.63, 3.8) is 0 Å². The molecule has 0 saturated heterocycles. The number of carbonyl (C=O) groups excluding carboxylic acids is 2. The van der Waals surface area contributed by atoms with E-state index < -0.39 is 30.5 Å². The Balaban J connectivity index is 1.23. The first-order chi connectivity index (χ1) is 20.7. The van der Waals surface area contributed by atoms with Crippen LogP contribution in [-0.4, -0.2) is 39.8 Å². The number of carbonyl (C=O) groups is 2. The predicted octanol–water partition coefficient (Wildman–Crippen LogP) is 6.14. The van der Waals surface area contributed by atoms with Crippen LogP contribution in [-0.2, 0) is 40.0 Å². The van der Waals surface area contributed by atoms with E-state index in [0.29, 0.717) is 29.3 Å². The van der Waals surface area contributed by atoms with E-state index in [-0.39, 0.29) is 12.3 Å². The SMILES string of the molecule is O=C(CC(Cc1nc(CCCc2ccc3c(n2)NCCC3)no1)c1ccc(Oc2ccccc2)cc1)OC(=O)C(F)(F)F. The third-order valence-corrected chi connectivity index (χ3v) is 6.90. The van der Waals surface area contributed by atoms with Crippen LogP contribution in [0.3, 0.4) is 0 Å². The van der Waals surface area contributed by atoms with Crippen molar-refractivity contribution < 1.29 is 36.8 Å². The van der Waals surface area contributed by atoms with Crippen LogP contribution in [0.25, 0.3) is 0 Å². The normalized spacial score (nSPS) is 13.5. The molecule has 0 spiro atoms. The van der Waals surface area contributed by atoms with Crippen molar-refractivity contribution in [2.75, 3.05) is 11.9 Å². The van der Waals surface area contributed by atoms with Crippen LogP contribution in [0.2, 0.25) is 0 Å². The maximum atomic E-state index is 12.6. The number of benzene rings is 2.